The second-order valence-electron chi connectivity index (χ2n) is 5.03. The minimum atomic E-state index is -0.150. The van der Waals surface area contributed by atoms with Crippen LogP contribution in [0.4, 0.5) is 0 Å². The number of carbonyl (C=O) groups excluding carboxylic acids is 1. The highest BCUT2D eigenvalue weighted by molar-refractivity contribution is 7.10. The molecule has 23 heavy (non-hydrogen) atoms. The van der Waals surface area contributed by atoms with Crippen LogP contribution in [0, 0.1) is 0 Å². The van der Waals surface area contributed by atoms with E-state index in [9.17, 15) is 4.79 Å². The number of para-hydroxylation sites is 1. The molecule has 0 spiro atoms. The Kier molecular flexibility index (Phi) is 5.06. The molecule has 116 valence electrons. The van der Waals surface area contributed by atoms with Crippen LogP contribution in [0.5, 0.6) is 5.75 Å². The molecular weight excluding hydrogens is 306 g/mol. The van der Waals surface area contributed by atoms with Crippen molar-refractivity contribution in [2.24, 2.45) is 0 Å². The summed E-state index contributed by atoms with van der Waals surface area (Å²) in [5.74, 6) is 0.547. The van der Waals surface area contributed by atoms with Gasteiger partial charge < -0.3 is 10.1 Å². The van der Waals surface area contributed by atoms with Gasteiger partial charge in [-0.2, -0.15) is 0 Å². The van der Waals surface area contributed by atoms with Gasteiger partial charge in [0.1, 0.15) is 5.75 Å². The minimum absolute atomic E-state index is 0.00127. The van der Waals surface area contributed by atoms with Gasteiger partial charge in [-0.05, 0) is 29.1 Å². The van der Waals surface area contributed by atoms with E-state index in [2.05, 4.69) is 5.32 Å². The van der Waals surface area contributed by atoms with Crippen molar-refractivity contribution in [3.05, 3.63) is 88.6 Å². The van der Waals surface area contributed by atoms with E-state index in [1.807, 2.05) is 78.2 Å². The van der Waals surface area contributed by atoms with Crippen molar-refractivity contribution >= 4 is 17.2 Å². The quantitative estimate of drug-likeness (QED) is 0.744. The molecule has 1 N–H and O–H groups in total. The smallest absolute Gasteiger partial charge is 0.258 e. The molecule has 0 aliphatic rings. The summed E-state index contributed by atoms with van der Waals surface area (Å²) in [5, 5.41) is 5.06. The molecule has 0 bridgehead atoms. The maximum atomic E-state index is 12.3. The number of rotatable bonds is 6. The number of hydrogen-bond donors (Lipinski definition) is 1. The Hall–Kier alpha value is -2.59. The van der Waals surface area contributed by atoms with Crippen LogP contribution in [0.2, 0.25) is 0 Å². The first kappa shape index (κ1) is 15.3. The first-order chi connectivity index (χ1) is 11.3. The molecule has 1 heterocycles. The van der Waals surface area contributed by atoms with Crippen LogP contribution < -0.4 is 10.1 Å². The summed E-state index contributed by atoms with van der Waals surface area (Å²) in [7, 11) is 0. The second kappa shape index (κ2) is 7.61. The van der Waals surface area contributed by atoms with E-state index in [1.54, 1.807) is 11.3 Å². The zero-order valence-corrected chi connectivity index (χ0v) is 13.3. The second-order valence-corrected chi connectivity index (χ2v) is 6.01. The number of thiophene rings is 1. The largest absolute Gasteiger partial charge is 0.484 e. The molecule has 0 aliphatic heterocycles. The van der Waals surface area contributed by atoms with Gasteiger partial charge in [0.2, 0.25) is 0 Å². The summed E-state index contributed by atoms with van der Waals surface area (Å²) < 4.78 is 5.51. The number of benzene rings is 2. The molecule has 3 aromatic rings. The third-order valence-electron chi connectivity index (χ3n) is 3.38. The predicted molar refractivity (Wildman–Crippen MR) is 92.7 cm³/mol. The number of carbonyl (C=O) groups is 1. The summed E-state index contributed by atoms with van der Waals surface area (Å²) in [6.45, 7) is -0.00127. The van der Waals surface area contributed by atoms with Crippen LogP contribution in [0.25, 0.3) is 0 Å². The number of hydrogen-bond acceptors (Lipinski definition) is 3. The van der Waals surface area contributed by atoms with Crippen LogP contribution in [-0.4, -0.2) is 12.5 Å². The highest BCUT2D eigenvalue weighted by Crippen LogP contribution is 2.25. The van der Waals surface area contributed by atoms with Crippen LogP contribution in [0.15, 0.2) is 78.2 Å². The molecule has 0 aliphatic carbocycles. The molecule has 2 aromatic carbocycles. The average Bonchev–Trinajstić information content (AvgIpc) is 3.14. The molecule has 3 nitrogen and oxygen atoms in total. The van der Waals surface area contributed by atoms with E-state index in [1.165, 1.54) is 0 Å². The van der Waals surface area contributed by atoms with Crippen LogP contribution in [0.3, 0.4) is 0 Å². The Labute approximate surface area is 139 Å². The first-order valence-corrected chi connectivity index (χ1v) is 8.26. The molecule has 1 atom stereocenters. The van der Waals surface area contributed by atoms with E-state index in [0.717, 1.165) is 10.4 Å². The fourth-order valence-corrected chi connectivity index (χ4v) is 3.09. The monoisotopic (exact) mass is 323 g/mol. The van der Waals surface area contributed by atoms with Gasteiger partial charge in [-0.1, -0.05) is 54.6 Å². The van der Waals surface area contributed by atoms with Gasteiger partial charge in [0.15, 0.2) is 6.61 Å². The maximum Gasteiger partial charge on any atom is 0.258 e. The molecule has 0 saturated heterocycles. The standard InChI is InChI=1S/C19H17NO2S/c21-18(14-22-16-10-5-2-6-11-16)20-19(17-12-7-13-23-17)15-8-3-1-4-9-15/h1-13,19H,14H2,(H,20,21)/t19-/m1/s1. The molecule has 1 amide bonds. The van der Waals surface area contributed by atoms with Crippen molar-refractivity contribution in [3.8, 4) is 5.75 Å². The van der Waals surface area contributed by atoms with Crippen molar-refractivity contribution in [1.29, 1.82) is 0 Å². The Balaban J connectivity index is 1.68. The van der Waals surface area contributed by atoms with Gasteiger partial charge in [-0.3, -0.25) is 4.79 Å². The van der Waals surface area contributed by atoms with Gasteiger partial charge in [0.25, 0.3) is 5.91 Å². The Morgan fingerprint density at radius 3 is 2.30 bits per heavy atom. The average molecular weight is 323 g/mol. The first-order valence-electron chi connectivity index (χ1n) is 7.38. The number of ether oxygens (including phenoxy) is 1. The van der Waals surface area contributed by atoms with E-state index in [0.29, 0.717) is 5.75 Å². The third-order valence-corrected chi connectivity index (χ3v) is 4.32. The SMILES string of the molecule is O=C(COc1ccccc1)N[C@H](c1ccccc1)c1cccs1. The summed E-state index contributed by atoms with van der Waals surface area (Å²) in [6, 6.07) is 23.2. The molecule has 4 heteroatoms. The summed E-state index contributed by atoms with van der Waals surface area (Å²) in [4.78, 5) is 13.4. The van der Waals surface area contributed by atoms with Gasteiger partial charge in [-0.25, -0.2) is 0 Å². The van der Waals surface area contributed by atoms with Crippen molar-refractivity contribution in [2.45, 2.75) is 6.04 Å². The van der Waals surface area contributed by atoms with Gasteiger partial charge >= 0.3 is 0 Å². The summed E-state index contributed by atoms with van der Waals surface area (Å²) in [6.07, 6.45) is 0. The van der Waals surface area contributed by atoms with Gasteiger partial charge in [0, 0.05) is 4.88 Å². The molecular formula is C19H17NO2S. The zero-order chi connectivity index (χ0) is 15.9. The fourth-order valence-electron chi connectivity index (χ4n) is 2.29. The lowest BCUT2D eigenvalue weighted by Gasteiger charge is -2.18. The molecule has 0 saturated carbocycles. The van der Waals surface area contributed by atoms with Crippen LogP contribution in [0.1, 0.15) is 16.5 Å². The third kappa shape index (κ3) is 4.20. The van der Waals surface area contributed by atoms with E-state index in [4.69, 9.17) is 4.74 Å². The van der Waals surface area contributed by atoms with Crippen molar-refractivity contribution < 1.29 is 9.53 Å². The highest BCUT2D eigenvalue weighted by atomic mass is 32.1. The van der Waals surface area contributed by atoms with Crippen LogP contribution in [-0.2, 0) is 4.79 Å². The molecule has 1 aromatic heterocycles. The minimum Gasteiger partial charge on any atom is -0.484 e. The molecule has 0 radical (unpaired) electrons. The van der Waals surface area contributed by atoms with Crippen molar-refractivity contribution in [2.75, 3.05) is 6.61 Å². The highest BCUT2D eigenvalue weighted by Gasteiger charge is 2.17. The summed E-state index contributed by atoms with van der Waals surface area (Å²) in [5.41, 5.74) is 1.06. The predicted octanol–water partition coefficient (Wildman–Crippen LogP) is 4.03. The Morgan fingerprint density at radius 2 is 1.65 bits per heavy atom. The maximum absolute atomic E-state index is 12.3. The van der Waals surface area contributed by atoms with E-state index in [-0.39, 0.29) is 18.6 Å². The Bertz CT molecular complexity index is 727. The number of nitrogens with one attached hydrogen (secondary N) is 1. The molecule has 0 fully saturated rings. The van der Waals surface area contributed by atoms with Gasteiger partial charge in [0.05, 0.1) is 6.04 Å². The van der Waals surface area contributed by atoms with E-state index < -0.39 is 0 Å². The summed E-state index contributed by atoms with van der Waals surface area (Å²) >= 11 is 1.63. The number of amides is 1. The fraction of sp³-hybridized carbons (Fsp3) is 0.105. The van der Waals surface area contributed by atoms with E-state index >= 15 is 0 Å². The topological polar surface area (TPSA) is 38.3 Å². The van der Waals surface area contributed by atoms with Crippen molar-refractivity contribution in [1.82, 2.24) is 5.32 Å². The molecule has 0 unspecified atom stereocenters. The van der Waals surface area contributed by atoms with Crippen molar-refractivity contribution in [3.63, 3.8) is 0 Å². The van der Waals surface area contributed by atoms with Crippen LogP contribution >= 0.6 is 11.3 Å². The lowest BCUT2D eigenvalue weighted by Crippen LogP contribution is -2.32. The lowest BCUT2D eigenvalue weighted by atomic mass is 10.1. The Morgan fingerprint density at radius 1 is 0.957 bits per heavy atom. The lowest BCUT2D eigenvalue weighted by molar-refractivity contribution is -0.123. The zero-order valence-electron chi connectivity index (χ0n) is 12.5. The molecule has 3 rings (SSSR count). The normalized spacial score (nSPS) is 11.7. The van der Waals surface area contributed by atoms with Gasteiger partial charge in [-0.15, -0.1) is 11.3 Å².